The normalized spacial score (nSPS) is 11.2. The Balaban J connectivity index is 1.72. The molecule has 0 fully saturated rings. The van der Waals surface area contributed by atoms with E-state index in [0.29, 0.717) is 0 Å². The smallest absolute Gasteiger partial charge is 0.109 e. The van der Waals surface area contributed by atoms with E-state index in [1.165, 1.54) is 11.1 Å². The molecule has 0 aliphatic rings. The topological polar surface area (TPSA) is 25.8 Å². The fraction of sp³-hybridized carbons (Fsp3) is 0. The first-order valence-electron chi connectivity index (χ1n) is 9.91. The largest absolute Gasteiger partial charge is 0.241 e. The summed E-state index contributed by atoms with van der Waals surface area (Å²) in [6, 6.07) is 29.4. The molecule has 0 spiro atoms. The van der Waals surface area contributed by atoms with Crippen LogP contribution < -0.4 is 0 Å². The summed E-state index contributed by atoms with van der Waals surface area (Å²) in [5, 5.41) is 4.20. The lowest BCUT2D eigenvalue weighted by atomic mass is 10.1. The van der Waals surface area contributed by atoms with Crippen LogP contribution in [0, 0.1) is 0 Å². The Labute approximate surface area is 192 Å². The minimum absolute atomic E-state index is 0.958. The Hall–Kier alpha value is -3.12. The van der Waals surface area contributed by atoms with Crippen molar-refractivity contribution in [2.45, 2.75) is 0 Å². The highest BCUT2D eigenvalue weighted by atomic mass is 32.1. The zero-order valence-corrected chi connectivity index (χ0v) is 18.8. The van der Waals surface area contributed by atoms with Gasteiger partial charge in [-0.1, -0.05) is 72.8 Å². The van der Waals surface area contributed by atoms with Crippen LogP contribution in [0.25, 0.3) is 53.1 Å². The summed E-state index contributed by atoms with van der Waals surface area (Å²) < 4.78 is 0. The summed E-state index contributed by atoms with van der Waals surface area (Å²) in [7, 11) is 0. The van der Waals surface area contributed by atoms with Crippen molar-refractivity contribution >= 4 is 45.0 Å². The molecule has 4 heterocycles. The second kappa shape index (κ2) is 7.85. The molecule has 5 heteroatoms. The minimum atomic E-state index is 0.958. The average molecular weight is 453 g/mol. The molecule has 2 nitrogen and oxygen atoms in total. The number of benzene rings is 2. The molecule has 0 radical (unpaired) electrons. The number of rotatable bonds is 4. The van der Waals surface area contributed by atoms with Crippen LogP contribution in [-0.4, -0.2) is 9.97 Å². The van der Waals surface area contributed by atoms with Crippen molar-refractivity contribution in [3.63, 3.8) is 0 Å². The van der Waals surface area contributed by atoms with Crippen LogP contribution in [0.5, 0.6) is 0 Å². The van der Waals surface area contributed by atoms with Gasteiger partial charge in [0.2, 0.25) is 0 Å². The van der Waals surface area contributed by atoms with E-state index in [2.05, 4.69) is 95.7 Å². The van der Waals surface area contributed by atoms with Crippen LogP contribution in [0.1, 0.15) is 0 Å². The van der Waals surface area contributed by atoms with E-state index in [9.17, 15) is 0 Å². The molecule has 6 aromatic rings. The molecule has 6 rings (SSSR count). The van der Waals surface area contributed by atoms with Crippen molar-refractivity contribution in [2.75, 3.05) is 0 Å². The number of hydrogen-bond donors (Lipinski definition) is 0. The third-order valence-corrected chi connectivity index (χ3v) is 8.13. The van der Waals surface area contributed by atoms with Crippen LogP contribution >= 0.6 is 34.0 Å². The summed E-state index contributed by atoms with van der Waals surface area (Å²) in [5.41, 5.74) is 6.21. The van der Waals surface area contributed by atoms with Gasteiger partial charge in [0, 0.05) is 0 Å². The Kier molecular flexibility index (Phi) is 4.72. The van der Waals surface area contributed by atoms with Gasteiger partial charge in [0.25, 0.3) is 0 Å². The van der Waals surface area contributed by atoms with E-state index in [0.717, 1.165) is 41.9 Å². The van der Waals surface area contributed by atoms with E-state index in [1.54, 1.807) is 34.0 Å². The fourth-order valence-corrected chi connectivity index (χ4v) is 6.31. The van der Waals surface area contributed by atoms with Gasteiger partial charge in [-0.25, -0.2) is 9.97 Å². The van der Waals surface area contributed by atoms with Gasteiger partial charge in [0.15, 0.2) is 0 Å². The monoisotopic (exact) mass is 452 g/mol. The molecule has 0 aliphatic carbocycles. The van der Waals surface area contributed by atoms with Crippen LogP contribution in [-0.2, 0) is 0 Å². The Morgan fingerprint density at radius 1 is 0.484 bits per heavy atom. The first-order valence-corrected chi connectivity index (χ1v) is 12.5. The number of thiophene rings is 3. The van der Waals surface area contributed by atoms with Crippen LogP contribution in [0.2, 0.25) is 0 Å². The highest BCUT2D eigenvalue weighted by Gasteiger charge is 2.22. The predicted octanol–water partition coefficient (Wildman–Crippen LogP) is 8.48. The van der Waals surface area contributed by atoms with Crippen molar-refractivity contribution in [1.82, 2.24) is 9.97 Å². The summed E-state index contributed by atoms with van der Waals surface area (Å²) in [6.45, 7) is 0. The highest BCUT2D eigenvalue weighted by Crippen LogP contribution is 2.45. The van der Waals surface area contributed by atoms with Gasteiger partial charge in [-0.2, -0.15) is 0 Å². The van der Waals surface area contributed by atoms with Gasteiger partial charge in [-0.05, 0) is 34.0 Å². The van der Waals surface area contributed by atoms with Gasteiger partial charge in [0.05, 0.1) is 19.5 Å². The molecule has 0 amide bonds. The summed E-state index contributed by atoms with van der Waals surface area (Å²) in [4.78, 5) is 15.1. The summed E-state index contributed by atoms with van der Waals surface area (Å²) >= 11 is 5.19. The standard InChI is InChI=1S/C26H16N2S3/c1-3-9-17(10-4-1)25-23-24(26(31-25)18-11-5-2-6-12-18)28-22(20-14-8-16-30-20)21(27-23)19-13-7-15-29-19/h1-16H. The molecule has 0 saturated heterocycles. The molecule has 31 heavy (non-hydrogen) atoms. The molecule has 0 atom stereocenters. The molecule has 2 aromatic carbocycles. The Morgan fingerprint density at radius 3 is 1.32 bits per heavy atom. The lowest BCUT2D eigenvalue weighted by molar-refractivity contribution is 1.33. The lowest BCUT2D eigenvalue weighted by Crippen LogP contribution is -1.93. The number of fused-ring (bicyclic) bond motifs is 1. The maximum Gasteiger partial charge on any atom is 0.109 e. The average Bonchev–Trinajstić information content (AvgIpc) is 3.60. The van der Waals surface area contributed by atoms with Crippen LogP contribution in [0.3, 0.4) is 0 Å². The first-order chi connectivity index (χ1) is 15.4. The molecular formula is C26H16N2S3. The van der Waals surface area contributed by atoms with Crippen molar-refractivity contribution in [2.24, 2.45) is 0 Å². The zero-order valence-electron chi connectivity index (χ0n) is 16.4. The van der Waals surface area contributed by atoms with E-state index in [1.807, 2.05) is 0 Å². The first kappa shape index (κ1) is 18.6. The minimum Gasteiger partial charge on any atom is -0.241 e. The molecule has 0 saturated carbocycles. The highest BCUT2D eigenvalue weighted by molar-refractivity contribution is 7.21. The quantitative estimate of drug-likeness (QED) is 0.268. The van der Waals surface area contributed by atoms with Gasteiger partial charge < -0.3 is 0 Å². The molecular weight excluding hydrogens is 437 g/mol. The van der Waals surface area contributed by atoms with Crippen molar-refractivity contribution in [3.8, 4) is 42.0 Å². The van der Waals surface area contributed by atoms with Crippen molar-refractivity contribution < 1.29 is 0 Å². The number of aromatic nitrogens is 2. The molecule has 0 unspecified atom stereocenters. The molecule has 4 aromatic heterocycles. The maximum atomic E-state index is 5.26. The Bertz CT molecular complexity index is 1340. The van der Waals surface area contributed by atoms with Crippen molar-refractivity contribution in [3.05, 3.63) is 95.7 Å². The molecule has 0 bridgehead atoms. The van der Waals surface area contributed by atoms with Gasteiger partial charge in [0.1, 0.15) is 22.4 Å². The third kappa shape index (κ3) is 3.31. The van der Waals surface area contributed by atoms with Crippen LogP contribution in [0.15, 0.2) is 95.7 Å². The van der Waals surface area contributed by atoms with E-state index < -0.39 is 0 Å². The number of hydrogen-bond acceptors (Lipinski definition) is 5. The maximum absolute atomic E-state index is 5.26. The summed E-state index contributed by atoms with van der Waals surface area (Å²) in [5.74, 6) is 0. The van der Waals surface area contributed by atoms with E-state index in [4.69, 9.17) is 9.97 Å². The zero-order chi connectivity index (χ0) is 20.6. The number of nitrogens with zero attached hydrogens (tertiary/aromatic N) is 2. The molecule has 0 N–H and O–H groups in total. The molecule has 148 valence electrons. The Morgan fingerprint density at radius 2 is 0.935 bits per heavy atom. The second-order valence-electron chi connectivity index (χ2n) is 7.06. The molecule has 0 aliphatic heterocycles. The van der Waals surface area contributed by atoms with Gasteiger partial charge in [-0.3, -0.25) is 0 Å². The van der Waals surface area contributed by atoms with Crippen LogP contribution in [0.4, 0.5) is 0 Å². The van der Waals surface area contributed by atoms with E-state index in [-0.39, 0.29) is 0 Å². The van der Waals surface area contributed by atoms with Gasteiger partial charge in [-0.15, -0.1) is 34.0 Å². The fourth-order valence-electron chi connectivity index (χ4n) is 3.69. The second-order valence-corrected chi connectivity index (χ2v) is 9.98. The summed E-state index contributed by atoms with van der Waals surface area (Å²) in [6.07, 6.45) is 0. The van der Waals surface area contributed by atoms with Gasteiger partial charge >= 0.3 is 0 Å². The third-order valence-electron chi connectivity index (χ3n) is 5.11. The van der Waals surface area contributed by atoms with E-state index >= 15 is 0 Å². The lowest BCUT2D eigenvalue weighted by Gasteiger charge is -2.07. The van der Waals surface area contributed by atoms with Crippen molar-refractivity contribution in [1.29, 1.82) is 0 Å². The SMILES string of the molecule is c1ccc(-c2sc(-c3ccccc3)c3nc(-c4cccs4)c(-c4cccs4)nc23)cc1. The predicted molar refractivity (Wildman–Crippen MR) is 135 cm³/mol.